The number of fused-ring (bicyclic) bond motifs is 1. The topological polar surface area (TPSA) is 31.6 Å². The molecule has 1 aromatic heterocycles. The van der Waals surface area contributed by atoms with Gasteiger partial charge in [0, 0.05) is 16.9 Å². The Bertz CT molecular complexity index is 614. The molecular formula is C14H15ClN2S. The molecule has 3 rings (SSSR count). The molecule has 0 radical (unpaired) electrons. The van der Waals surface area contributed by atoms with E-state index in [9.17, 15) is 0 Å². The normalized spacial score (nSPS) is 18.6. The van der Waals surface area contributed by atoms with E-state index in [0.29, 0.717) is 10.7 Å². The first kappa shape index (κ1) is 12.0. The Morgan fingerprint density at radius 2 is 2.28 bits per heavy atom. The van der Waals surface area contributed by atoms with Crippen molar-refractivity contribution in [2.75, 3.05) is 0 Å². The van der Waals surface area contributed by atoms with Gasteiger partial charge in [0.25, 0.3) is 0 Å². The third kappa shape index (κ3) is 2.25. The molecule has 2 nitrogen and oxygen atoms in total. The predicted octanol–water partition coefficient (Wildman–Crippen LogP) is 4.39. The van der Waals surface area contributed by atoms with Crippen molar-refractivity contribution in [1.29, 1.82) is 0 Å². The molecule has 94 valence electrons. The zero-order valence-electron chi connectivity index (χ0n) is 10.0. The van der Waals surface area contributed by atoms with Gasteiger partial charge in [-0.3, -0.25) is 0 Å². The maximum Gasteiger partial charge on any atom is 0.174 e. The molecule has 2 N–H and O–H groups in total. The second-order valence-corrected chi connectivity index (χ2v) is 5.69. The van der Waals surface area contributed by atoms with Gasteiger partial charge in [-0.25, -0.2) is 0 Å². The number of nitrogens with one attached hydrogen (secondary N) is 2. The Hall–Kier alpha value is -1.06. The minimum Gasteiger partial charge on any atom is -0.337 e. The molecule has 0 aliphatic heterocycles. The lowest BCUT2D eigenvalue weighted by atomic mass is 9.80. The van der Waals surface area contributed by atoms with Crippen LogP contribution in [0.25, 0.3) is 0 Å². The molecule has 0 saturated carbocycles. The minimum atomic E-state index is 0.504. The lowest BCUT2D eigenvalue weighted by Gasteiger charge is -2.26. The third-order valence-corrected chi connectivity index (χ3v) is 4.22. The molecule has 0 saturated heterocycles. The van der Waals surface area contributed by atoms with Crippen LogP contribution in [0.4, 0.5) is 0 Å². The van der Waals surface area contributed by atoms with Crippen LogP contribution >= 0.6 is 23.8 Å². The molecular weight excluding hydrogens is 264 g/mol. The van der Waals surface area contributed by atoms with Crippen molar-refractivity contribution in [1.82, 2.24) is 9.97 Å². The lowest BCUT2D eigenvalue weighted by molar-refractivity contribution is 0.546. The van der Waals surface area contributed by atoms with Crippen molar-refractivity contribution < 1.29 is 0 Å². The van der Waals surface area contributed by atoms with E-state index in [1.54, 1.807) is 0 Å². The number of hydrogen-bond acceptors (Lipinski definition) is 1. The fraction of sp³-hybridized carbons (Fsp3) is 0.357. The summed E-state index contributed by atoms with van der Waals surface area (Å²) in [5, 5.41) is 0.909. The van der Waals surface area contributed by atoms with E-state index >= 15 is 0 Å². The fourth-order valence-corrected chi connectivity index (χ4v) is 3.43. The van der Waals surface area contributed by atoms with Crippen LogP contribution in [-0.4, -0.2) is 9.97 Å². The first-order chi connectivity index (χ1) is 8.74. The van der Waals surface area contributed by atoms with Gasteiger partial charge in [-0.2, -0.15) is 0 Å². The summed E-state index contributed by atoms with van der Waals surface area (Å²) in [7, 11) is 0. The monoisotopic (exact) mass is 278 g/mol. The first-order valence-corrected chi connectivity index (χ1v) is 7.06. The quantitative estimate of drug-likeness (QED) is 0.785. The second kappa shape index (κ2) is 4.90. The van der Waals surface area contributed by atoms with Crippen molar-refractivity contribution >= 4 is 23.8 Å². The van der Waals surface area contributed by atoms with Gasteiger partial charge < -0.3 is 9.97 Å². The van der Waals surface area contributed by atoms with Crippen LogP contribution in [0.2, 0.25) is 5.02 Å². The highest BCUT2D eigenvalue weighted by Crippen LogP contribution is 2.38. The second-order valence-electron chi connectivity index (χ2n) is 4.87. The summed E-state index contributed by atoms with van der Waals surface area (Å²) in [6, 6.07) is 6.25. The van der Waals surface area contributed by atoms with Crippen LogP contribution in [-0.2, 0) is 12.8 Å². The Morgan fingerprint density at radius 3 is 3.06 bits per heavy atom. The van der Waals surface area contributed by atoms with E-state index in [4.69, 9.17) is 23.8 Å². The average molecular weight is 279 g/mol. The van der Waals surface area contributed by atoms with Gasteiger partial charge in [-0.05, 0) is 61.0 Å². The van der Waals surface area contributed by atoms with Crippen molar-refractivity contribution in [3.05, 3.63) is 51.0 Å². The molecule has 1 aliphatic rings. The summed E-state index contributed by atoms with van der Waals surface area (Å²) < 4.78 is 0.695. The van der Waals surface area contributed by atoms with Gasteiger partial charge in [-0.1, -0.05) is 23.7 Å². The third-order valence-electron chi connectivity index (χ3n) is 3.67. The predicted molar refractivity (Wildman–Crippen MR) is 76.8 cm³/mol. The molecule has 0 spiro atoms. The van der Waals surface area contributed by atoms with Gasteiger partial charge >= 0.3 is 0 Å². The molecule has 2 aromatic rings. The van der Waals surface area contributed by atoms with Crippen LogP contribution in [0.3, 0.4) is 0 Å². The van der Waals surface area contributed by atoms with Crippen molar-refractivity contribution in [2.45, 2.75) is 31.6 Å². The van der Waals surface area contributed by atoms with E-state index in [1.807, 2.05) is 18.3 Å². The first-order valence-electron chi connectivity index (χ1n) is 6.28. The van der Waals surface area contributed by atoms with Gasteiger partial charge in [0.2, 0.25) is 0 Å². The molecule has 4 heteroatoms. The molecule has 0 amide bonds. The van der Waals surface area contributed by atoms with Crippen LogP contribution in [0, 0.1) is 4.77 Å². The van der Waals surface area contributed by atoms with Gasteiger partial charge in [0.15, 0.2) is 4.77 Å². The van der Waals surface area contributed by atoms with E-state index in [-0.39, 0.29) is 0 Å². The van der Waals surface area contributed by atoms with E-state index < -0.39 is 0 Å². The highest BCUT2D eigenvalue weighted by atomic mass is 35.5. The maximum absolute atomic E-state index is 6.37. The number of benzene rings is 1. The Morgan fingerprint density at radius 1 is 1.39 bits per heavy atom. The summed E-state index contributed by atoms with van der Waals surface area (Å²) >= 11 is 11.4. The number of hydrogen-bond donors (Lipinski definition) is 2. The van der Waals surface area contributed by atoms with Crippen LogP contribution in [0.1, 0.15) is 35.6 Å². The standard InChI is InChI=1S/C14H15ClN2S/c15-12-6-2-4-9-3-1-5-10(13(9)12)7-11-8-16-14(18)17-11/h2,4,6,8,10H,1,3,5,7H2,(H2,16,17,18). The van der Waals surface area contributed by atoms with Gasteiger partial charge in [-0.15, -0.1) is 0 Å². The lowest BCUT2D eigenvalue weighted by Crippen LogP contribution is -2.13. The van der Waals surface area contributed by atoms with Crippen LogP contribution < -0.4 is 0 Å². The minimum absolute atomic E-state index is 0.504. The summed E-state index contributed by atoms with van der Waals surface area (Å²) in [6.45, 7) is 0. The Balaban J connectivity index is 1.94. The molecule has 1 heterocycles. The fourth-order valence-electron chi connectivity index (χ4n) is 2.89. The molecule has 1 aromatic carbocycles. The molecule has 0 bridgehead atoms. The molecule has 1 atom stereocenters. The maximum atomic E-state index is 6.37. The van der Waals surface area contributed by atoms with E-state index in [0.717, 1.165) is 23.6 Å². The number of aromatic amines is 2. The van der Waals surface area contributed by atoms with E-state index in [1.165, 1.54) is 24.0 Å². The van der Waals surface area contributed by atoms with Gasteiger partial charge in [0.05, 0.1) is 0 Å². The molecule has 0 fully saturated rings. The van der Waals surface area contributed by atoms with Crippen molar-refractivity contribution in [2.24, 2.45) is 0 Å². The number of imidazole rings is 1. The van der Waals surface area contributed by atoms with Gasteiger partial charge in [0.1, 0.15) is 0 Å². The number of aromatic nitrogens is 2. The zero-order chi connectivity index (χ0) is 12.5. The zero-order valence-corrected chi connectivity index (χ0v) is 11.6. The Kier molecular flexibility index (Phi) is 3.27. The molecule has 1 aliphatic carbocycles. The van der Waals surface area contributed by atoms with Crippen molar-refractivity contribution in [3.63, 3.8) is 0 Å². The SMILES string of the molecule is S=c1[nH]cc(CC2CCCc3cccc(Cl)c32)[nH]1. The summed E-state index contributed by atoms with van der Waals surface area (Å²) in [5.41, 5.74) is 3.91. The summed E-state index contributed by atoms with van der Waals surface area (Å²) in [4.78, 5) is 6.21. The Labute approximate surface area is 116 Å². The summed E-state index contributed by atoms with van der Waals surface area (Å²) in [5.74, 6) is 0.504. The number of aryl methyl sites for hydroxylation is 1. The number of halogens is 1. The van der Waals surface area contributed by atoms with Crippen LogP contribution in [0.5, 0.6) is 0 Å². The average Bonchev–Trinajstić information content (AvgIpc) is 2.75. The largest absolute Gasteiger partial charge is 0.337 e. The molecule has 1 unspecified atom stereocenters. The summed E-state index contributed by atoms with van der Waals surface area (Å²) in [6.07, 6.45) is 6.53. The number of rotatable bonds is 2. The highest BCUT2D eigenvalue weighted by molar-refractivity contribution is 7.71. The highest BCUT2D eigenvalue weighted by Gasteiger charge is 2.23. The van der Waals surface area contributed by atoms with Crippen molar-refractivity contribution in [3.8, 4) is 0 Å². The number of H-pyrrole nitrogens is 2. The smallest absolute Gasteiger partial charge is 0.174 e. The van der Waals surface area contributed by atoms with Crippen LogP contribution in [0.15, 0.2) is 24.4 Å². The van der Waals surface area contributed by atoms with E-state index in [2.05, 4.69) is 16.0 Å². The molecule has 18 heavy (non-hydrogen) atoms.